The van der Waals surface area contributed by atoms with Crippen molar-refractivity contribution < 1.29 is 29.3 Å². The number of amides is 1. The highest BCUT2D eigenvalue weighted by molar-refractivity contribution is 6.46. The molecule has 7 nitrogen and oxygen atoms in total. The topological polar surface area (TPSA) is 96.3 Å². The zero-order chi connectivity index (χ0) is 21.1. The van der Waals surface area contributed by atoms with E-state index in [-0.39, 0.29) is 24.5 Å². The molecule has 1 saturated heterocycles. The number of carbonyl (C=O) groups excluding carboxylic acids is 2. The molecule has 0 bridgehead atoms. The molecule has 1 unspecified atom stereocenters. The van der Waals surface area contributed by atoms with E-state index in [0.717, 1.165) is 0 Å². The third-order valence-electron chi connectivity index (χ3n) is 4.72. The van der Waals surface area contributed by atoms with Gasteiger partial charge in [0.15, 0.2) is 11.5 Å². The van der Waals surface area contributed by atoms with Gasteiger partial charge in [-0.3, -0.25) is 9.59 Å². The first-order chi connectivity index (χ1) is 13.9. The van der Waals surface area contributed by atoms with Gasteiger partial charge in [-0.05, 0) is 35.9 Å². The third kappa shape index (κ3) is 3.79. The lowest BCUT2D eigenvalue weighted by atomic mass is 9.95. The van der Waals surface area contributed by atoms with E-state index in [2.05, 4.69) is 0 Å². The Morgan fingerprint density at radius 1 is 1.07 bits per heavy atom. The van der Waals surface area contributed by atoms with Crippen molar-refractivity contribution in [2.24, 2.45) is 0 Å². The molecule has 2 N–H and O–H groups in total. The number of nitrogens with zero attached hydrogens (tertiary/aromatic N) is 1. The van der Waals surface area contributed by atoms with E-state index >= 15 is 0 Å². The Balaban J connectivity index is 2.18. The molecule has 0 aliphatic carbocycles. The van der Waals surface area contributed by atoms with Crippen molar-refractivity contribution in [1.82, 2.24) is 4.90 Å². The summed E-state index contributed by atoms with van der Waals surface area (Å²) < 4.78 is 10.4. The van der Waals surface area contributed by atoms with E-state index in [1.165, 1.54) is 25.2 Å². The summed E-state index contributed by atoms with van der Waals surface area (Å²) in [4.78, 5) is 26.6. The highest BCUT2D eigenvalue weighted by atomic mass is 35.5. The van der Waals surface area contributed by atoms with Gasteiger partial charge in [0.25, 0.3) is 11.7 Å². The summed E-state index contributed by atoms with van der Waals surface area (Å²) in [7, 11) is 2.94. The molecule has 29 heavy (non-hydrogen) atoms. The molecular formula is C21H20ClNO6. The Labute approximate surface area is 172 Å². The maximum atomic E-state index is 12.8. The van der Waals surface area contributed by atoms with E-state index in [9.17, 15) is 19.8 Å². The van der Waals surface area contributed by atoms with Crippen molar-refractivity contribution in [3.63, 3.8) is 0 Å². The number of benzene rings is 2. The fourth-order valence-electron chi connectivity index (χ4n) is 3.35. The van der Waals surface area contributed by atoms with E-state index < -0.39 is 17.7 Å². The number of β-amino-alcohol motifs (C(OH)–C–C–N with tert-alkyl or cyclic N) is 1. The number of aliphatic hydroxyl groups excluding tert-OH is 2. The van der Waals surface area contributed by atoms with Crippen LogP contribution in [0.15, 0.2) is 48.0 Å². The van der Waals surface area contributed by atoms with E-state index in [4.69, 9.17) is 21.1 Å². The minimum atomic E-state index is -0.854. The van der Waals surface area contributed by atoms with Crippen molar-refractivity contribution in [2.45, 2.75) is 6.04 Å². The van der Waals surface area contributed by atoms with Gasteiger partial charge in [0, 0.05) is 17.1 Å². The van der Waals surface area contributed by atoms with Crippen LogP contribution in [0.2, 0.25) is 5.02 Å². The second-order valence-corrected chi connectivity index (χ2v) is 6.77. The monoisotopic (exact) mass is 417 g/mol. The molecule has 1 atom stereocenters. The number of aliphatic hydroxyl groups is 2. The fraction of sp³-hybridized carbons (Fsp3) is 0.238. The number of ketones is 1. The van der Waals surface area contributed by atoms with Crippen LogP contribution < -0.4 is 9.47 Å². The van der Waals surface area contributed by atoms with Crippen LogP contribution in [0.3, 0.4) is 0 Å². The summed E-state index contributed by atoms with van der Waals surface area (Å²) in [5, 5.41) is 20.8. The summed E-state index contributed by atoms with van der Waals surface area (Å²) >= 11 is 5.96. The molecule has 1 fully saturated rings. The molecule has 1 heterocycles. The minimum absolute atomic E-state index is 0.0550. The van der Waals surface area contributed by atoms with Crippen LogP contribution in [0, 0.1) is 0 Å². The van der Waals surface area contributed by atoms with Crippen LogP contribution in [0.5, 0.6) is 11.5 Å². The molecule has 3 rings (SSSR count). The van der Waals surface area contributed by atoms with Gasteiger partial charge in [-0.1, -0.05) is 23.7 Å². The zero-order valence-electron chi connectivity index (χ0n) is 15.9. The first-order valence-corrected chi connectivity index (χ1v) is 9.17. The number of hydrogen-bond donors (Lipinski definition) is 2. The van der Waals surface area contributed by atoms with Gasteiger partial charge in [0.2, 0.25) is 0 Å². The van der Waals surface area contributed by atoms with Crippen LogP contribution in [0.4, 0.5) is 0 Å². The average molecular weight is 418 g/mol. The summed E-state index contributed by atoms with van der Waals surface area (Å²) in [6, 6.07) is 10.4. The highest BCUT2D eigenvalue weighted by Crippen LogP contribution is 2.40. The number of halogens is 1. The molecule has 0 saturated carbocycles. The fourth-order valence-corrected chi connectivity index (χ4v) is 3.48. The number of Topliss-reactive ketones (excluding diaryl/α,β-unsaturated/α-hetero) is 1. The van der Waals surface area contributed by atoms with E-state index in [0.29, 0.717) is 27.6 Å². The smallest absolute Gasteiger partial charge is 0.295 e. The average Bonchev–Trinajstić information content (AvgIpc) is 2.98. The lowest BCUT2D eigenvalue weighted by molar-refractivity contribution is -0.140. The first-order valence-electron chi connectivity index (χ1n) is 8.80. The minimum Gasteiger partial charge on any atom is -0.507 e. The van der Waals surface area contributed by atoms with Gasteiger partial charge < -0.3 is 24.6 Å². The summed E-state index contributed by atoms with van der Waals surface area (Å²) in [5.74, 6) is -1.14. The van der Waals surface area contributed by atoms with Crippen LogP contribution in [0.25, 0.3) is 5.76 Å². The number of carbonyl (C=O) groups is 2. The number of likely N-dealkylation sites (tertiary alicyclic amines) is 1. The molecule has 0 spiro atoms. The molecule has 0 radical (unpaired) electrons. The largest absolute Gasteiger partial charge is 0.507 e. The first kappa shape index (κ1) is 20.7. The van der Waals surface area contributed by atoms with Crippen LogP contribution in [-0.2, 0) is 9.59 Å². The van der Waals surface area contributed by atoms with Gasteiger partial charge >= 0.3 is 0 Å². The van der Waals surface area contributed by atoms with Gasteiger partial charge in [0.1, 0.15) is 5.76 Å². The number of ether oxygens (including phenoxy) is 2. The predicted octanol–water partition coefficient (Wildman–Crippen LogP) is 2.77. The van der Waals surface area contributed by atoms with Crippen LogP contribution in [0.1, 0.15) is 17.2 Å². The van der Waals surface area contributed by atoms with Crippen molar-refractivity contribution in [1.29, 1.82) is 0 Å². The van der Waals surface area contributed by atoms with Crippen molar-refractivity contribution >= 4 is 29.1 Å². The molecule has 1 amide bonds. The second kappa shape index (κ2) is 8.55. The molecular weight excluding hydrogens is 398 g/mol. The number of rotatable bonds is 6. The number of methoxy groups -OCH3 is 2. The summed E-state index contributed by atoms with van der Waals surface area (Å²) in [6.07, 6.45) is 0. The Kier molecular flexibility index (Phi) is 6.10. The molecule has 1 aliphatic heterocycles. The maximum Gasteiger partial charge on any atom is 0.295 e. The second-order valence-electron chi connectivity index (χ2n) is 6.34. The molecule has 2 aromatic rings. The van der Waals surface area contributed by atoms with E-state index in [1.807, 2.05) is 0 Å². The van der Waals surface area contributed by atoms with Gasteiger partial charge in [-0.2, -0.15) is 0 Å². The van der Waals surface area contributed by atoms with Crippen LogP contribution >= 0.6 is 11.6 Å². The third-order valence-corrected chi connectivity index (χ3v) is 4.98. The number of hydrogen-bond acceptors (Lipinski definition) is 6. The normalized spacial score (nSPS) is 18.2. The van der Waals surface area contributed by atoms with Gasteiger partial charge in [-0.15, -0.1) is 0 Å². The van der Waals surface area contributed by atoms with Gasteiger partial charge in [-0.25, -0.2) is 0 Å². The Morgan fingerprint density at radius 2 is 1.72 bits per heavy atom. The molecule has 8 heteroatoms. The Hall–Kier alpha value is -3.03. The van der Waals surface area contributed by atoms with Crippen molar-refractivity contribution in [3.8, 4) is 11.5 Å². The Morgan fingerprint density at radius 3 is 2.31 bits per heavy atom. The molecule has 2 aromatic carbocycles. The molecule has 0 aromatic heterocycles. The predicted molar refractivity (Wildman–Crippen MR) is 107 cm³/mol. The maximum absolute atomic E-state index is 12.8. The lowest BCUT2D eigenvalue weighted by Crippen LogP contribution is -2.32. The lowest BCUT2D eigenvalue weighted by Gasteiger charge is -2.24. The Bertz CT molecular complexity index is 970. The van der Waals surface area contributed by atoms with Crippen molar-refractivity contribution in [3.05, 3.63) is 64.2 Å². The standard InChI is InChI=1S/C21H20ClNO6/c1-28-15-8-5-13(11-16(15)29-2)19(25)17-18(12-3-6-14(22)7-4-12)23(9-10-24)21(27)20(17)26/h3-8,11,18,24-25H,9-10H2,1-2H3/b19-17-. The van der Waals surface area contributed by atoms with Crippen LogP contribution in [-0.4, -0.2) is 54.2 Å². The summed E-state index contributed by atoms with van der Waals surface area (Å²) in [6.45, 7) is -0.381. The van der Waals surface area contributed by atoms with Gasteiger partial charge in [0.05, 0.1) is 32.4 Å². The SMILES string of the molecule is COc1ccc(/C(O)=C2/C(=O)C(=O)N(CCO)C2c2ccc(Cl)cc2)cc1OC. The molecule has 152 valence electrons. The summed E-state index contributed by atoms with van der Waals surface area (Å²) in [5.41, 5.74) is 0.811. The van der Waals surface area contributed by atoms with Crippen molar-refractivity contribution in [2.75, 3.05) is 27.4 Å². The zero-order valence-corrected chi connectivity index (χ0v) is 16.6. The quantitative estimate of drug-likeness (QED) is 0.426. The highest BCUT2D eigenvalue weighted by Gasteiger charge is 2.45. The van der Waals surface area contributed by atoms with E-state index in [1.54, 1.807) is 36.4 Å². The molecule has 1 aliphatic rings.